The summed E-state index contributed by atoms with van der Waals surface area (Å²) in [6.07, 6.45) is 5.01. The average Bonchev–Trinajstić information content (AvgIpc) is 3.23. The van der Waals surface area contributed by atoms with E-state index >= 15 is 0 Å². The Morgan fingerprint density at radius 1 is 1.25 bits per heavy atom. The normalized spacial score (nSPS) is 19.5. The van der Waals surface area contributed by atoms with E-state index in [9.17, 15) is 8.42 Å². The maximum absolute atomic E-state index is 12.3. The van der Waals surface area contributed by atoms with Gasteiger partial charge in [0.05, 0.1) is 5.69 Å². The number of hydrogen-bond acceptors (Lipinski definition) is 3. The lowest BCUT2D eigenvalue weighted by atomic mass is 9.99. The summed E-state index contributed by atoms with van der Waals surface area (Å²) >= 11 is 3.28. The van der Waals surface area contributed by atoms with Crippen molar-refractivity contribution in [2.75, 3.05) is 12.3 Å². The van der Waals surface area contributed by atoms with Crippen molar-refractivity contribution in [2.24, 2.45) is 17.8 Å². The molecule has 2 saturated carbocycles. The molecule has 6 heteroatoms. The van der Waals surface area contributed by atoms with Crippen LogP contribution in [0, 0.1) is 17.8 Å². The molecule has 0 saturated heterocycles. The summed E-state index contributed by atoms with van der Waals surface area (Å²) in [5, 5.41) is 0. The Morgan fingerprint density at radius 2 is 1.85 bits per heavy atom. The highest BCUT2D eigenvalue weighted by molar-refractivity contribution is 9.10. The largest absolute Gasteiger partial charge is 0.398 e. The van der Waals surface area contributed by atoms with Gasteiger partial charge in [0.25, 0.3) is 0 Å². The molecule has 0 heterocycles. The zero-order valence-corrected chi connectivity index (χ0v) is 13.6. The lowest BCUT2D eigenvalue weighted by molar-refractivity contribution is 0.401. The SMILES string of the molecule is Nc1cc(Br)ccc1S(=O)(=O)NCC(C1CC1)C1CC1. The first-order valence-electron chi connectivity index (χ1n) is 7.02. The number of halogens is 1. The van der Waals surface area contributed by atoms with Crippen LogP contribution >= 0.6 is 15.9 Å². The molecule has 2 aliphatic rings. The first kappa shape index (κ1) is 14.4. The van der Waals surface area contributed by atoms with Crippen molar-refractivity contribution in [1.82, 2.24) is 4.72 Å². The Morgan fingerprint density at radius 3 is 2.35 bits per heavy atom. The van der Waals surface area contributed by atoms with Gasteiger partial charge in [-0.2, -0.15) is 0 Å². The molecule has 0 unspecified atom stereocenters. The van der Waals surface area contributed by atoms with Crippen molar-refractivity contribution < 1.29 is 8.42 Å². The molecule has 0 spiro atoms. The number of nitrogen functional groups attached to an aromatic ring is 1. The number of benzene rings is 1. The van der Waals surface area contributed by atoms with Gasteiger partial charge in [0.15, 0.2) is 0 Å². The summed E-state index contributed by atoms with van der Waals surface area (Å²) in [6, 6.07) is 4.86. The van der Waals surface area contributed by atoms with Crippen molar-refractivity contribution in [1.29, 1.82) is 0 Å². The van der Waals surface area contributed by atoms with E-state index in [0.717, 1.165) is 16.3 Å². The predicted molar refractivity (Wildman–Crippen MR) is 82.7 cm³/mol. The molecule has 110 valence electrons. The highest BCUT2D eigenvalue weighted by Crippen LogP contribution is 2.48. The van der Waals surface area contributed by atoms with Gasteiger partial charge in [-0.3, -0.25) is 0 Å². The second kappa shape index (κ2) is 5.31. The van der Waals surface area contributed by atoms with Gasteiger partial charge in [-0.05, 0) is 61.6 Å². The van der Waals surface area contributed by atoms with Crippen LogP contribution in [0.1, 0.15) is 25.7 Å². The van der Waals surface area contributed by atoms with E-state index in [0.29, 0.717) is 12.5 Å². The maximum Gasteiger partial charge on any atom is 0.242 e. The van der Waals surface area contributed by atoms with Crippen LogP contribution in [0.25, 0.3) is 0 Å². The van der Waals surface area contributed by atoms with Crippen LogP contribution in [0.3, 0.4) is 0 Å². The van der Waals surface area contributed by atoms with Crippen LogP contribution in [0.15, 0.2) is 27.6 Å². The van der Waals surface area contributed by atoms with Gasteiger partial charge in [0, 0.05) is 11.0 Å². The third kappa shape index (κ3) is 3.18. The van der Waals surface area contributed by atoms with Gasteiger partial charge >= 0.3 is 0 Å². The van der Waals surface area contributed by atoms with Crippen LogP contribution < -0.4 is 10.5 Å². The van der Waals surface area contributed by atoms with E-state index in [1.807, 2.05) is 0 Å². The molecule has 4 nitrogen and oxygen atoms in total. The van der Waals surface area contributed by atoms with Crippen LogP contribution in [0.5, 0.6) is 0 Å². The lowest BCUT2D eigenvalue weighted by Crippen LogP contribution is -2.31. The lowest BCUT2D eigenvalue weighted by Gasteiger charge is -2.17. The summed E-state index contributed by atoms with van der Waals surface area (Å²) in [5.41, 5.74) is 6.09. The Labute approximate surface area is 128 Å². The Hall–Kier alpha value is -0.590. The number of anilines is 1. The second-order valence-corrected chi connectivity index (χ2v) is 8.52. The van der Waals surface area contributed by atoms with Crippen molar-refractivity contribution in [3.05, 3.63) is 22.7 Å². The highest BCUT2D eigenvalue weighted by atomic mass is 79.9. The maximum atomic E-state index is 12.3. The van der Waals surface area contributed by atoms with Gasteiger partial charge in [-0.25, -0.2) is 13.1 Å². The third-order valence-electron chi connectivity index (χ3n) is 4.23. The molecule has 2 aliphatic carbocycles. The number of nitrogens with one attached hydrogen (secondary N) is 1. The fourth-order valence-corrected chi connectivity index (χ4v) is 4.38. The fourth-order valence-electron chi connectivity index (χ4n) is 2.81. The fraction of sp³-hybridized carbons (Fsp3) is 0.571. The zero-order valence-electron chi connectivity index (χ0n) is 11.2. The minimum absolute atomic E-state index is 0.172. The Bertz CT molecular complexity index is 598. The summed E-state index contributed by atoms with van der Waals surface area (Å²) in [6.45, 7) is 0.549. The topological polar surface area (TPSA) is 72.2 Å². The van der Waals surface area contributed by atoms with E-state index in [1.54, 1.807) is 18.2 Å². The van der Waals surface area contributed by atoms with Crippen molar-refractivity contribution in [3.8, 4) is 0 Å². The van der Waals surface area contributed by atoms with Gasteiger partial charge in [0.2, 0.25) is 10.0 Å². The number of sulfonamides is 1. The minimum atomic E-state index is -3.51. The highest BCUT2D eigenvalue weighted by Gasteiger charge is 2.41. The quantitative estimate of drug-likeness (QED) is 0.767. The molecule has 0 atom stereocenters. The molecule has 0 aliphatic heterocycles. The number of nitrogens with two attached hydrogens (primary N) is 1. The molecule has 1 aromatic carbocycles. The number of hydrogen-bond donors (Lipinski definition) is 2. The predicted octanol–water partition coefficient (Wildman–Crippen LogP) is 2.75. The first-order valence-corrected chi connectivity index (χ1v) is 9.29. The van der Waals surface area contributed by atoms with Gasteiger partial charge in [-0.15, -0.1) is 0 Å². The molecule has 3 N–H and O–H groups in total. The summed E-state index contributed by atoms with van der Waals surface area (Å²) < 4.78 is 28.2. The Balaban J connectivity index is 1.71. The molecule has 0 amide bonds. The molecule has 2 fully saturated rings. The van der Waals surface area contributed by atoms with E-state index < -0.39 is 10.0 Å². The van der Waals surface area contributed by atoms with Crippen LogP contribution in [0.4, 0.5) is 5.69 Å². The van der Waals surface area contributed by atoms with Crippen molar-refractivity contribution in [2.45, 2.75) is 30.6 Å². The molecule has 0 radical (unpaired) electrons. The van der Waals surface area contributed by atoms with Gasteiger partial charge < -0.3 is 5.73 Å². The molecular formula is C14H19BrN2O2S. The van der Waals surface area contributed by atoms with Crippen molar-refractivity contribution in [3.63, 3.8) is 0 Å². The summed E-state index contributed by atoms with van der Waals surface area (Å²) in [7, 11) is -3.51. The van der Waals surface area contributed by atoms with Crippen LogP contribution in [-0.4, -0.2) is 15.0 Å². The van der Waals surface area contributed by atoms with Gasteiger partial charge in [-0.1, -0.05) is 15.9 Å². The standard InChI is InChI=1S/C14H19BrN2O2S/c15-11-5-6-14(13(16)7-11)20(18,19)17-8-12(9-1-2-9)10-3-4-10/h5-7,9-10,12,17H,1-4,8,16H2. The average molecular weight is 359 g/mol. The Kier molecular flexibility index (Phi) is 3.81. The van der Waals surface area contributed by atoms with Crippen LogP contribution in [-0.2, 0) is 10.0 Å². The summed E-state index contributed by atoms with van der Waals surface area (Å²) in [5.74, 6) is 1.97. The van der Waals surface area contributed by atoms with Crippen molar-refractivity contribution >= 4 is 31.6 Å². The second-order valence-electron chi connectivity index (χ2n) is 5.87. The molecule has 0 aromatic heterocycles. The first-order chi connectivity index (χ1) is 9.47. The van der Waals surface area contributed by atoms with E-state index in [1.165, 1.54) is 25.7 Å². The van der Waals surface area contributed by atoms with E-state index in [-0.39, 0.29) is 10.6 Å². The van der Waals surface area contributed by atoms with Crippen LogP contribution in [0.2, 0.25) is 0 Å². The summed E-state index contributed by atoms with van der Waals surface area (Å²) in [4.78, 5) is 0.172. The smallest absolute Gasteiger partial charge is 0.242 e. The third-order valence-corrected chi connectivity index (χ3v) is 6.22. The molecule has 20 heavy (non-hydrogen) atoms. The van der Waals surface area contributed by atoms with E-state index in [2.05, 4.69) is 20.7 Å². The zero-order chi connectivity index (χ0) is 14.3. The molecule has 1 aromatic rings. The number of rotatable bonds is 6. The monoisotopic (exact) mass is 358 g/mol. The minimum Gasteiger partial charge on any atom is -0.398 e. The molecule has 3 rings (SSSR count). The van der Waals surface area contributed by atoms with Gasteiger partial charge in [0.1, 0.15) is 4.90 Å². The molecule has 0 bridgehead atoms. The molecular weight excluding hydrogens is 340 g/mol. The van der Waals surface area contributed by atoms with E-state index in [4.69, 9.17) is 5.73 Å².